The number of guanidine groups is 1. The number of nitrogens with one attached hydrogen (secondary N) is 2. The van der Waals surface area contributed by atoms with Gasteiger partial charge in [-0.3, -0.25) is 4.99 Å². The second kappa shape index (κ2) is 11.4. The molecule has 29 heavy (non-hydrogen) atoms. The van der Waals surface area contributed by atoms with Crippen LogP contribution in [-0.4, -0.2) is 46.5 Å². The lowest BCUT2D eigenvalue weighted by atomic mass is 9.85. The molecule has 0 bridgehead atoms. The Hall–Kier alpha value is -1.07. The highest BCUT2D eigenvalue weighted by Crippen LogP contribution is 2.37. The first-order valence-corrected chi connectivity index (χ1v) is 10.4. The number of hydrogen-bond acceptors (Lipinski definition) is 3. The molecule has 0 spiro atoms. The first kappa shape index (κ1) is 24.2. The summed E-state index contributed by atoms with van der Waals surface area (Å²) < 4.78 is 41.2. The first-order valence-electron chi connectivity index (χ1n) is 10.4. The molecule has 1 aliphatic carbocycles. The molecule has 2 heterocycles. The van der Waals surface area contributed by atoms with Gasteiger partial charge in [0.25, 0.3) is 0 Å². The summed E-state index contributed by atoms with van der Waals surface area (Å²) in [7, 11) is 1.65. The summed E-state index contributed by atoms with van der Waals surface area (Å²) in [4.78, 5) is 4.17. The highest BCUT2D eigenvalue weighted by atomic mass is 127. The summed E-state index contributed by atoms with van der Waals surface area (Å²) in [5.41, 5.74) is 0. The maximum absolute atomic E-state index is 13.0. The maximum atomic E-state index is 13.0. The molecular weight excluding hydrogens is 496 g/mol. The third-order valence-electron chi connectivity index (χ3n) is 5.76. The Labute approximate surface area is 187 Å². The van der Waals surface area contributed by atoms with Crippen molar-refractivity contribution in [1.82, 2.24) is 25.4 Å². The van der Waals surface area contributed by atoms with E-state index in [-0.39, 0.29) is 42.9 Å². The van der Waals surface area contributed by atoms with Crippen LogP contribution < -0.4 is 10.6 Å². The van der Waals surface area contributed by atoms with Gasteiger partial charge in [0, 0.05) is 39.0 Å². The van der Waals surface area contributed by atoms with Gasteiger partial charge in [-0.1, -0.05) is 12.8 Å². The number of nitrogens with zero attached hydrogens (tertiary/aromatic N) is 4. The molecule has 1 fully saturated rings. The van der Waals surface area contributed by atoms with Gasteiger partial charge in [-0.25, -0.2) is 0 Å². The van der Waals surface area contributed by atoms with Crippen LogP contribution in [0.25, 0.3) is 0 Å². The van der Waals surface area contributed by atoms with Crippen molar-refractivity contribution in [3.05, 3.63) is 11.6 Å². The second-order valence-electron chi connectivity index (χ2n) is 7.84. The summed E-state index contributed by atoms with van der Waals surface area (Å²) in [6.45, 7) is 1.69. The maximum Gasteiger partial charge on any atom is 0.391 e. The number of fused-ring (bicyclic) bond motifs is 1. The molecule has 2 aliphatic rings. The Morgan fingerprint density at radius 1 is 1.17 bits per heavy atom. The van der Waals surface area contributed by atoms with Crippen molar-refractivity contribution in [2.24, 2.45) is 10.9 Å². The van der Waals surface area contributed by atoms with Gasteiger partial charge in [0.2, 0.25) is 0 Å². The Balaban J connectivity index is 0.00000300. The topological polar surface area (TPSA) is 67.1 Å². The van der Waals surface area contributed by atoms with E-state index in [1.165, 1.54) is 19.3 Å². The Morgan fingerprint density at radius 3 is 2.76 bits per heavy atom. The molecule has 0 saturated heterocycles. The molecule has 2 unspecified atom stereocenters. The van der Waals surface area contributed by atoms with Gasteiger partial charge >= 0.3 is 6.18 Å². The zero-order valence-electron chi connectivity index (χ0n) is 17.0. The highest BCUT2D eigenvalue weighted by Gasteiger charge is 2.42. The van der Waals surface area contributed by atoms with Crippen LogP contribution in [0.4, 0.5) is 13.2 Å². The van der Waals surface area contributed by atoms with Crippen molar-refractivity contribution < 1.29 is 13.2 Å². The quantitative estimate of drug-likeness (QED) is 0.264. The molecule has 1 aromatic heterocycles. The minimum atomic E-state index is -4.10. The van der Waals surface area contributed by atoms with Crippen LogP contribution >= 0.6 is 24.0 Å². The van der Waals surface area contributed by atoms with E-state index in [1.807, 2.05) is 0 Å². The fraction of sp³-hybridized carbons (Fsp3) is 0.842. The van der Waals surface area contributed by atoms with E-state index in [9.17, 15) is 13.2 Å². The fourth-order valence-electron chi connectivity index (χ4n) is 4.19. The Morgan fingerprint density at radius 2 is 2.00 bits per heavy atom. The van der Waals surface area contributed by atoms with Gasteiger partial charge in [0.15, 0.2) is 5.96 Å². The second-order valence-corrected chi connectivity index (χ2v) is 7.84. The third-order valence-corrected chi connectivity index (χ3v) is 5.76. The van der Waals surface area contributed by atoms with Crippen molar-refractivity contribution >= 4 is 29.9 Å². The van der Waals surface area contributed by atoms with Gasteiger partial charge in [0.1, 0.15) is 11.6 Å². The van der Waals surface area contributed by atoms with E-state index >= 15 is 0 Å². The van der Waals surface area contributed by atoms with Crippen LogP contribution in [0.2, 0.25) is 0 Å². The zero-order chi connectivity index (χ0) is 20.0. The van der Waals surface area contributed by atoms with E-state index in [2.05, 4.69) is 30.4 Å². The van der Waals surface area contributed by atoms with Gasteiger partial charge in [-0.05, 0) is 38.5 Å². The van der Waals surface area contributed by atoms with Crippen LogP contribution in [0.3, 0.4) is 0 Å². The number of rotatable bonds is 5. The zero-order valence-corrected chi connectivity index (χ0v) is 19.3. The summed E-state index contributed by atoms with van der Waals surface area (Å²) >= 11 is 0. The number of aromatic nitrogens is 3. The average Bonchev–Trinajstić information content (AvgIpc) is 2.90. The van der Waals surface area contributed by atoms with Crippen molar-refractivity contribution in [2.75, 3.05) is 13.6 Å². The fourth-order valence-corrected chi connectivity index (χ4v) is 4.19. The van der Waals surface area contributed by atoms with Crippen LogP contribution in [0.1, 0.15) is 63.0 Å². The van der Waals surface area contributed by atoms with Crippen molar-refractivity contribution in [3.8, 4) is 0 Å². The largest absolute Gasteiger partial charge is 0.391 e. The normalized spacial score (nSPS) is 23.0. The first-order chi connectivity index (χ1) is 13.5. The predicted molar refractivity (Wildman–Crippen MR) is 118 cm³/mol. The smallest absolute Gasteiger partial charge is 0.356 e. The molecule has 1 aliphatic heterocycles. The van der Waals surface area contributed by atoms with Gasteiger partial charge < -0.3 is 15.2 Å². The molecule has 1 aromatic rings. The van der Waals surface area contributed by atoms with Gasteiger partial charge in [-0.15, -0.1) is 34.2 Å². The van der Waals surface area contributed by atoms with Crippen molar-refractivity contribution in [2.45, 2.75) is 83.0 Å². The summed E-state index contributed by atoms with van der Waals surface area (Å²) in [6, 6.07) is -0.182. The van der Waals surface area contributed by atoms with Crippen LogP contribution in [0.5, 0.6) is 0 Å². The summed E-state index contributed by atoms with van der Waals surface area (Å²) in [6.07, 6.45) is 3.89. The van der Waals surface area contributed by atoms with E-state index in [4.69, 9.17) is 0 Å². The van der Waals surface area contributed by atoms with Crippen LogP contribution in [0.15, 0.2) is 4.99 Å². The molecule has 3 rings (SSSR count). The SMILES string of the molecule is CN=C(NCCCc1nnc2n1CCCCC2)NC1CCCC(C(F)(F)F)C1.I. The standard InChI is InChI=1S/C19H31F3N6.HI/c1-23-18(25-15-8-5-7-14(13-15)19(20,21)22)24-11-6-10-17-27-26-16-9-3-2-4-12-28(16)17;/h14-15H,2-13H2,1H3,(H2,23,24,25);1H. The molecule has 0 aromatic carbocycles. The monoisotopic (exact) mass is 528 g/mol. The van der Waals surface area contributed by atoms with E-state index in [0.717, 1.165) is 43.9 Å². The number of halogens is 4. The van der Waals surface area contributed by atoms with E-state index in [0.29, 0.717) is 18.9 Å². The number of aliphatic imine (C=N–C) groups is 1. The number of aryl methyl sites for hydroxylation is 2. The van der Waals surface area contributed by atoms with Crippen LogP contribution in [-0.2, 0) is 19.4 Å². The molecule has 2 atom stereocenters. The lowest BCUT2D eigenvalue weighted by molar-refractivity contribution is -0.183. The molecule has 10 heteroatoms. The molecule has 6 nitrogen and oxygen atoms in total. The third kappa shape index (κ3) is 6.99. The molecule has 1 saturated carbocycles. The molecule has 2 N–H and O–H groups in total. The minimum absolute atomic E-state index is 0. The lowest BCUT2D eigenvalue weighted by Gasteiger charge is -2.31. The van der Waals surface area contributed by atoms with Gasteiger partial charge in [-0.2, -0.15) is 13.2 Å². The lowest BCUT2D eigenvalue weighted by Crippen LogP contribution is -2.47. The van der Waals surface area contributed by atoms with Gasteiger partial charge in [0.05, 0.1) is 5.92 Å². The van der Waals surface area contributed by atoms with E-state index in [1.54, 1.807) is 7.05 Å². The van der Waals surface area contributed by atoms with E-state index < -0.39 is 12.1 Å². The average molecular weight is 528 g/mol. The minimum Gasteiger partial charge on any atom is -0.356 e. The number of alkyl halides is 3. The summed E-state index contributed by atoms with van der Waals surface area (Å²) in [5, 5.41) is 15.0. The highest BCUT2D eigenvalue weighted by molar-refractivity contribution is 14.0. The van der Waals surface area contributed by atoms with Crippen molar-refractivity contribution in [3.63, 3.8) is 0 Å². The Kier molecular flexibility index (Phi) is 9.48. The molecular formula is C19H32F3IN6. The predicted octanol–water partition coefficient (Wildman–Crippen LogP) is 3.84. The number of hydrogen-bond donors (Lipinski definition) is 2. The Bertz CT molecular complexity index is 661. The summed E-state index contributed by atoms with van der Waals surface area (Å²) in [5.74, 6) is 1.49. The molecule has 166 valence electrons. The van der Waals surface area contributed by atoms with Crippen molar-refractivity contribution in [1.29, 1.82) is 0 Å². The van der Waals surface area contributed by atoms with Crippen LogP contribution in [0, 0.1) is 5.92 Å². The molecule has 0 amide bonds. The molecule has 0 radical (unpaired) electrons.